The molecule has 4 nitrogen and oxygen atoms in total. The number of carbonyl (C=O) groups is 1. The first-order valence-electron chi connectivity index (χ1n) is 6.80. The third kappa shape index (κ3) is 4.28. The van der Waals surface area contributed by atoms with Gasteiger partial charge in [0.1, 0.15) is 5.15 Å². The monoisotopic (exact) mass is 304 g/mol. The lowest BCUT2D eigenvalue weighted by molar-refractivity contribution is 0.102. The summed E-state index contributed by atoms with van der Waals surface area (Å²) in [6, 6.07) is 10.3. The Morgan fingerprint density at radius 2 is 2.00 bits per heavy atom. The number of hydrogen-bond donors (Lipinski definition) is 2. The number of pyridine rings is 1. The van der Waals surface area contributed by atoms with E-state index in [0.29, 0.717) is 16.4 Å². The smallest absolute Gasteiger partial charge is 0.255 e. The average molecular weight is 305 g/mol. The number of aromatic nitrogens is 1. The van der Waals surface area contributed by atoms with Gasteiger partial charge in [-0.1, -0.05) is 37.1 Å². The summed E-state index contributed by atoms with van der Waals surface area (Å²) in [5.74, 6) is -0.228. The van der Waals surface area contributed by atoms with Gasteiger partial charge in [-0.15, -0.1) is 0 Å². The largest absolute Gasteiger partial charge is 0.392 e. The number of benzene rings is 1. The standard InChI is InChI=1S/C16H17ClN2O2/c1-2-3-14-8-12(9-15(17)18-14)16(21)19-13-6-4-11(10-20)5-7-13/h4-9,20H,2-3,10H2,1H3,(H,19,21). The third-order valence-corrected chi connectivity index (χ3v) is 3.20. The summed E-state index contributed by atoms with van der Waals surface area (Å²) in [6.45, 7) is 2.03. The predicted molar refractivity (Wildman–Crippen MR) is 83.6 cm³/mol. The second-order valence-corrected chi connectivity index (χ2v) is 5.12. The topological polar surface area (TPSA) is 62.2 Å². The van der Waals surface area contributed by atoms with Gasteiger partial charge in [0.2, 0.25) is 0 Å². The summed E-state index contributed by atoms with van der Waals surface area (Å²) in [5, 5.41) is 12.1. The molecule has 1 heterocycles. The molecule has 0 atom stereocenters. The zero-order chi connectivity index (χ0) is 15.2. The molecule has 2 aromatic rings. The van der Waals surface area contributed by atoms with Crippen LogP contribution in [0.2, 0.25) is 5.15 Å². The van der Waals surface area contributed by atoms with Gasteiger partial charge in [0, 0.05) is 16.9 Å². The van der Waals surface area contributed by atoms with E-state index < -0.39 is 0 Å². The highest BCUT2D eigenvalue weighted by Gasteiger charge is 2.09. The molecule has 1 aromatic carbocycles. The van der Waals surface area contributed by atoms with Crippen LogP contribution in [-0.4, -0.2) is 16.0 Å². The number of nitrogens with zero attached hydrogens (tertiary/aromatic N) is 1. The van der Waals surface area contributed by atoms with Gasteiger partial charge in [-0.05, 0) is 36.2 Å². The first kappa shape index (κ1) is 15.5. The van der Waals surface area contributed by atoms with Gasteiger partial charge < -0.3 is 10.4 Å². The molecule has 0 aliphatic carbocycles. The van der Waals surface area contributed by atoms with E-state index in [0.717, 1.165) is 24.1 Å². The Bertz CT molecular complexity index is 627. The maximum atomic E-state index is 12.2. The molecule has 0 spiro atoms. The summed E-state index contributed by atoms with van der Waals surface area (Å²) in [6.07, 6.45) is 1.73. The number of amides is 1. The molecule has 21 heavy (non-hydrogen) atoms. The van der Waals surface area contributed by atoms with Crippen molar-refractivity contribution in [2.45, 2.75) is 26.4 Å². The van der Waals surface area contributed by atoms with Crippen LogP contribution in [0.4, 0.5) is 5.69 Å². The summed E-state index contributed by atoms with van der Waals surface area (Å²) in [4.78, 5) is 16.4. The van der Waals surface area contributed by atoms with Crippen molar-refractivity contribution in [2.75, 3.05) is 5.32 Å². The van der Waals surface area contributed by atoms with Gasteiger partial charge in [0.05, 0.1) is 6.61 Å². The normalized spacial score (nSPS) is 10.4. The Morgan fingerprint density at radius 1 is 1.29 bits per heavy atom. The van der Waals surface area contributed by atoms with E-state index in [9.17, 15) is 4.79 Å². The number of halogens is 1. The van der Waals surface area contributed by atoms with E-state index >= 15 is 0 Å². The van der Waals surface area contributed by atoms with Crippen molar-refractivity contribution in [1.29, 1.82) is 0 Å². The van der Waals surface area contributed by atoms with Crippen LogP contribution < -0.4 is 5.32 Å². The van der Waals surface area contributed by atoms with E-state index in [4.69, 9.17) is 16.7 Å². The molecule has 1 aromatic heterocycles. The van der Waals surface area contributed by atoms with Crippen molar-refractivity contribution in [3.63, 3.8) is 0 Å². The minimum absolute atomic E-state index is 0.0193. The number of nitrogens with one attached hydrogen (secondary N) is 1. The Balaban J connectivity index is 2.15. The SMILES string of the molecule is CCCc1cc(C(=O)Nc2ccc(CO)cc2)cc(Cl)n1. The summed E-state index contributed by atoms with van der Waals surface area (Å²) in [7, 11) is 0. The van der Waals surface area contributed by atoms with E-state index in [-0.39, 0.29) is 12.5 Å². The number of carbonyl (C=O) groups excluding carboxylic acids is 1. The van der Waals surface area contributed by atoms with E-state index in [2.05, 4.69) is 10.3 Å². The molecule has 0 aliphatic rings. The molecule has 0 saturated heterocycles. The minimum Gasteiger partial charge on any atom is -0.392 e. The second-order valence-electron chi connectivity index (χ2n) is 4.73. The third-order valence-electron chi connectivity index (χ3n) is 3.01. The number of aliphatic hydroxyl groups is 1. The number of aliphatic hydroxyl groups excluding tert-OH is 1. The molecule has 0 aliphatic heterocycles. The zero-order valence-electron chi connectivity index (χ0n) is 11.8. The molecule has 0 fully saturated rings. The van der Waals surface area contributed by atoms with Crippen molar-refractivity contribution < 1.29 is 9.90 Å². The fourth-order valence-electron chi connectivity index (χ4n) is 1.96. The molecule has 0 saturated carbocycles. The number of anilines is 1. The lowest BCUT2D eigenvalue weighted by Gasteiger charge is -2.08. The van der Waals surface area contributed by atoms with Crippen molar-refractivity contribution in [1.82, 2.24) is 4.98 Å². The molecule has 1 amide bonds. The maximum absolute atomic E-state index is 12.2. The Labute approximate surface area is 128 Å². The van der Waals surface area contributed by atoms with Crippen LogP contribution in [0.3, 0.4) is 0 Å². The van der Waals surface area contributed by atoms with Gasteiger partial charge in [0.15, 0.2) is 0 Å². The summed E-state index contributed by atoms with van der Waals surface area (Å²) in [5.41, 5.74) is 2.77. The Morgan fingerprint density at radius 3 is 2.62 bits per heavy atom. The average Bonchev–Trinajstić information content (AvgIpc) is 2.48. The van der Waals surface area contributed by atoms with Gasteiger partial charge in [-0.3, -0.25) is 4.79 Å². The quantitative estimate of drug-likeness (QED) is 0.832. The van der Waals surface area contributed by atoms with E-state index in [1.165, 1.54) is 0 Å². The lowest BCUT2D eigenvalue weighted by Crippen LogP contribution is -2.12. The van der Waals surface area contributed by atoms with Crippen LogP contribution in [0.25, 0.3) is 0 Å². The Hall–Kier alpha value is -1.91. The minimum atomic E-state index is -0.228. The maximum Gasteiger partial charge on any atom is 0.255 e. The fraction of sp³-hybridized carbons (Fsp3) is 0.250. The van der Waals surface area contributed by atoms with Crippen molar-refractivity contribution >= 4 is 23.2 Å². The second kappa shape index (κ2) is 7.20. The van der Waals surface area contributed by atoms with Crippen molar-refractivity contribution in [2.24, 2.45) is 0 Å². The molecular weight excluding hydrogens is 288 g/mol. The van der Waals surface area contributed by atoms with Crippen LogP contribution >= 0.6 is 11.6 Å². The first-order valence-corrected chi connectivity index (χ1v) is 7.17. The van der Waals surface area contributed by atoms with Crippen molar-refractivity contribution in [3.8, 4) is 0 Å². The molecule has 0 radical (unpaired) electrons. The number of hydrogen-bond acceptors (Lipinski definition) is 3. The lowest BCUT2D eigenvalue weighted by atomic mass is 10.1. The first-order chi connectivity index (χ1) is 10.1. The van der Waals surface area contributed by atoms with Crippen LogP contribution in [0.5, 0.6) is 0 Å². The molecule has 5 heteroatoms. The van der Waals surface area contributed by atoms with E-state index in [1.807, 2.05) is 6.92 Å². The summed E-state index contributed by atoms with van der Waals surface area (Å²) < 4.78 is 0. The molecule has 2 N–H and O–H groups in total. The van der Waals surface area contributed by atoms with Crippen LogP contribution in [0, 0.1) is 0 Å². The highest BCUT2D eigenvalue weighted by molar-refractivity contribution is 6.29. The molecule has 0 bridgehead atoms. The van der Waals surface area contributed by atoms with Crippen LogP contribution in [0.15, 0.2) is 36.4 Å². The molecule has 0 unspecified atom stereocenters. The van der Waals surface area contributed by atoms with Gasteiger partial charge in [-0.2, -0.15) is 0 Å². The van der Waals surface area contributed by atoms with Crippen LogP contribution in [-0.2, 0) is 13.0 Å². The van der Waals surface area contributed by atoms with Crippen molar-refractivity contribution in [3.05, 3.63) is 58.4 Å². The molecule has 110 valence electrons. The van der Waals surface area contributed by atoms with Gasteiger partial charge in [-0.25, -0.2) is 4.98 Å². The Kier molecular flexibility index (Phi) is 5.31. The van der Waals surface area contributed by atoms with Gasteiger partial charge in [0.25, 0.3) is 5.91 Å². The highest BCUT2D eigenvalue weighted by Crippen LogP contribution is 2.15. The molecular formula is C16H17ClN2O2. The van der Waals surface area contributed by atoms with E-state index in [1.54, 1.807) is 36.4 Å². The number of rotatable bonds is 5. The summed E-state index contributed by atoms with van der Waals surface area (Å²) >= 11 is 5.95. The number of aryl methyl sites for hydroxylation is 1. The molecule has 2 rings (SSSR count). The predicted octanol–water partition coefficient (Wildman–Crippen LogP) is 3.43. The van der Waals surface area contributed by atoms with Crippen LogP contribution in [0.1, 0.15) is 35.0 Å². The fourth-order valence-corrected chi connectivity index (χ4v) is 2.19. The zero-order valence-corrected chi connectivity index (χ0v) is 12.5. The van der Waals surface area contributed by atoms with Gasteiger partial charge >= 0.3 is 0 Å². The highest BCUT2D eigenvalue weighted by atomic mass is 35.5.